The van der Waals surface area contributed by atoms with Crippen LogP contribution in [0.3, 0.4) is 0 Å². The number of ether oxygens (including phenoxy) is 1. The van der Waals surface area contributed by atoms with E-state index >= 15 is 0 Å². The summed E-state index contributed by atoms with van der Waals surface area (Å²) in [6, 6.07) is 6.47. The molecule has 6 nitrogen and oxygen atoms in total. The minimum atomic E-state index is -3.57. The SMILES string of the molecule is COc1cccc(S(=O)(=O)N2CCCN(C(=O)C(C)C)CC2)c1. The van der Waals surface area contributed by atoms with Crippen molar-refractivity contribution >= 4 is 15.9 Å². The monoisotopic (exact) mass is 340 g/mol. The quantitative estimate of drug-likeness (QED) is 0.834. The molecule has 1 saturated heterocycles. The second-order valence-electron chi connectivity index (χ2n) is 5.92. The van der Waals surface area contributed by atoms with Crippen molar-refractivity contribution < 1.29 is 17.9 Å². The number of rotatable bonds is 4. The van der Waals surface area contributed by atoms with E-state index in [1.165, 1.54) is 17.5 Å². The van der Waals surface area contributed by atoms with Crippen LogP contribution < -0.4 is 4.74 Å². The molecule has 0 spiro atoms. The van der Waals surface area contributed by atoms with Crippen molar-refractivity contribution in [2.24, 2.45) is 5.92 Å². The van der Waals surface area contributed by atoms with Crippen LogP contribution in [0.4, 0.5) is 0 Å². The molecule has 1 aromatic rings. The Morgan fingerprint density at radius 1 is 1.17 bits per heavy atom. The molecule has 1 heterocycles. The van der Waals surface area contributed by atoms with Gasteiger partial charge in [-0.3, -0.25) is 4.79 Å². The maximum absolute atomic E-state index is 12.8. The van der Waals surface area contributed by atoms with Crippen molar-refractivity contribution in [2.45, 2.75) is 25.2 Å². The van der Waals surface area contributed by atoms with Gasteiger partial charge in [0, 0.05) is 38.2 Å². The van der Waals surface area contributed by atoms with E-state index in [1.54, 1.807) is 23.1 Å². The van der Waals surface area contributed by atoms with Crippen molar-refractivity contribution in [1.82, 2.24) is 9.21 Å². The zero-order valence-electron chi connectivity index (χ0n) is 13.9. The average molecular weight is 340 g/mol. The highest BCUT2D eigenvalue weighted by atomic mass is 32.2. The van der Waals surface area contributed by atoms with Crippen molar-refractivity contribution in [3.8, 4) is 5.75 Å². The van der Waals surface area contributed by atoms with Crippen molar-refractivity contribution in [1.29, 1.82) is 0 Å². The summed E-state index contributed by atoms with van der Waals surface area (Å²) in [6.45, 7) is 5.48. The molecule has 128 valence electrons. The summed E-state index contributed by atoms with van der Waals surface area (Å²) in [5.41, 5.74) is 0. The van der Waals surface area contributed by atoms with Gasteiger partial charge in [-0.15, -0.1) is 0 Å². The molecule has 2 rings (SSSR count). The molecule has 0 bridgehead atoms. The second kappa shape index (κ2) is 7.31. The number of amides is 1. The van der Waals surface area contributed by atoms with Gasteiger partial charge in [0.05, 0.1) is 12.0 Å². The highest BCUT2D eigenvalue weighted by Crippen LogP contribution is 2.22. The Balaban J connectivity index is 2.16. The molecular formula is C16H24N2O4S. The van der Waals surface area contributed by atoms with E-state index in [2.05, 4.69) is 0 Å². The Morgan fingerprint density at radius 3 is 2.57 bits per heavy atom. The lowest BCUT2D eigenvalue weighted by atomic mass is 10.2. The molecule has 1 amide bonds. The fourth-order valence-electron chi connectivity index (χ4n) is 2.63. The van der Waals surface area contributed by atoms with E-state index in [9.17, 15) is 13.2 Å². The van der Waals surface area contributed by atoms with Crippen LogP contribution in [0.15, 0.2) is 29.2 Å². The zero-order valence-corrected chi connectivity index (χ0v) is 14.7. The molecule has 0 aromatic heterocycles. The molecule has 0 radical (unpaired) electrons. The van der Waals surface area contributed by atoms with E-state index in [0.717, 1.165) is 0 Å². The topological polar surface area (TPSA) is 66.9 Å². The molecule has 7 heteroatoms. The van der Waals surface area contributed by atoms with Crippen LogP contribution in [0.2, 0.25) is 0 Å². The van der Waals surface area contributed by atoms with Crippen LogP contribution in [0.5, 0.6) is 5.75 Å². The van der Waals surface area contributed by atoms with Gasteiger partial charge in [0.2, 0.25) is 15.9 Å². The number of nitrogens with zero attached hydrogens (tertiary/aromatic N) is 2. The van der Waals surface area contributed by atoms with Crippen LogP contribution >= 0.6 is 0 Å². The average Bonchev–Trinajstić information content (AvgIpc) is 2.80. The molecule has 0 aliphatic carbocycles. The highest BCUT2D eigenvalue weighted by Gasteiger charge is 2.29. The maximum Gasteiger partial charge on any atom is 0.243 e. The van der Waals surface area contributed by atoms with Crippen LogP contribution in [0.25, 0.3) is 0 Å². The third kappa shape index (κ3) is 4.03. The number of methoxy groups -OCH3 is 1. The van der Waals surface area contributed by atoms with Gasteiger partial charge in [0.25, 0.3) is 0 Å². The lowest BCUT2D eigenvalue weighted by molar-refractivity contribution is -0.134. The molecule has 0 N–H and O–H groups in total. The van der Waals surface area contributed by atoms with E-state index in [0.29, 0.717) is 38.3 Å². The van der Waals surface area contributed by atoms with Crippen molar-refractivity contribution in [3.05, 3.63) is 24.3 Å². The number of sulfonamides is 1. The molecule has 1 fully saturated rings. The summed E-state index contributed by atoms with van der Waals surface area (Å²) in [7, 11) is -2.06. The lowest BCUT2D eigenvalue weighted by Gasteiger charge is -2.23. The first-order valence-corrected chi connectivity index (χ1v) is 9.23. The normalized spacial score (nSPS) is 17.1. The maximum atomic E-state index is 12.8. The lowest BCUT2D eigenvalue weighted by Crippen LogP contribution is -2.38. The predicted molar refractivity (Wildman–Crippen MR) is 87.8 cm³/mol. The number of carbonyl (C=O) groups is 1. The van der Waals surface area contributed by atoms with Crippen LogP contribution in [0.1, 0.15) is 20.3 Å². The third-order valence-corrected chi connectivity index (χ3v) is 5.83. The molecular weight excluding hydrogens is 316 g/mol. The molecule has 23 heavy (non-hydrogen) atoms. The van der Waals surface area contributed by atoms with E-state index < -0.39 is 10.0 Å². The number of hydrogen-bond acceptors (Lipinski definition) is 4. The Labute approximate surface area is 138 Å². The summed E-state index contributed by atoms with van der Waals surface area (Å²) in [6.07, 6.45) is 0.641. The summed E-state index contributed by atoms with van der Waals surface area (Å²) < 4.78 is 32.1. The van der Waals surface area contributed by atoms with Gasteiger partial charge < -0.3 is 9.64 Å². The minimum absolute atomic E-state index is 0.0726. The Hall–Kier alpha value is -1.60. The van der Waals surface area contributed by atoms with Gasteiger partial charge in [-0.25, -0.2) is 8.42 Å². The zero-order chi connectivity index (χ0) is 17.0. The number of hydrogen-bond donors (Lipinski definition) is 0. The third-order valence-electron chi connectivity index (χ3n) is 3.94. The first-order valence-electron chi connectivity index (χ1n) is 7.79. The first kappa shape index (κ1) is 17.7. The van der Waals surface area contributed by atoms with Gasteiger partial charge in [-0.05, 0) is 18.6 Å². The number of carbonyl (C=O) groups excluding carboxylic acids is 1. The van der Waals surface area contributed by atoms with E-state index in [4.69, 9.17) is 4.74 Å². The summed E-state index contributed by atoms with van der Waals surface area (Å²) in [5.74, 6) is 0.514. The smallest absolute Gasteiger partial charge is 0.243 e. The Morgan fingerprint density at radius 2 is 1.91 bits per heavy atom. The van der Waals surface area contributed by atoms with Crippen LogP contribution in [0, 0.1) is 5.92 Å². The molecule has 1 aromatic carbocycles. The fraction of sp³-hybridized carbons (Fsp3) is 0.562. The Bertz CT molecular complexity index is 658. The molecule has 0 unspecified atom stereocenters. The minimum Gasteiger partial charge on any atom is -0.497 e. The van der Waals surface area contributed by atoms with Crippen LogP contribution in [-0.4, -0.2) is 56.8 Å². The highest BCUT2D eigenvalue weighted by molar-refractivity contribution is 7.89. The standard InChI is InChI=1S/C16H24N2O4S/c1-13(2)16(19)17-8-5-9-18(11-10-17)23(20,21)15-7-4-6-14(12-15)22-3/h4,6-7,12-13H,5,8-11H2,1-3H3. The summed E-state index contributed by atoms with van der Waals surface area (Å²) in [4.78, 5) is 14.1. The second-order valence-corrected chi connectivity index (χ2v) is 7.85. The Kier molecular flexibility index (Phi) is 5.64. The summed E-state index contributed by atoms with van der Waals surface area (Å²) in [5, 5.41) is 0. The molecule has 1 aliphatic heterocycles. The predicted octanol–water partition coefficient (Wildman–Crippen LogP) is 1.57. The van der Waals surface area contributed by atoms with Crippen molar-refractivity contribution in [3.63, 3.8) is 0 Å². The first-order chi connectivity index (χ1) is 10.9. The number of benzene rings is 1. The fourth-order valence-corrected chi connectivity index (χ4v) is 4.14. The molecule has 0 atom stereocenters. The van der Waals surface area contributed by atoms with Gasteiger partial charge in [0.1, 0.15) is 5.75 Å². The molecule has 0 saturated carbocycles. The van der Waals surface area contributed by atoms with Gasteiger partial charge in [-0.1, -0.05) is 19.9 Å². The van der Waals surface area contributed by atoms with Crippen LogP contribution in [-0.2, 0) is 14.8 Å². The van der Waals surface area contributed by atoms with E-state index in [-0.39, 0.29) is 16.7 Å². The molecule has 1 aliphatic rings. The van der Waals surface area contributed by atoms with Gasteiger partial charge in [0.15, 0.2) is 0 Å². The van der Waals surface area contributed by atoms with Gasteiger partial charge in [-0.2, -0.15) is 4.31 Å². The van der Waals surface area contributed by atoms with Crippen molar-refractivity contribution in [2.75, 3.05) is 33.3 Å². The van der Waals surface area contributed by atoms with Gasteiger partial charge >= 0.3 is 0 Å². The largest absolute Gasteiger partial charge is 0.497 e. The van der Waals surface area contributed by atoms with E-state index in [1.807, 2.05) is 13.8 Å². The summed E-state index contributed by atoms with van der Waals surface area (Å²) >= 11 is 0.